The smallest absolute Gasteiger partial charge is 0.266 e. The highest BCUT2D eigenvalue weighted by atomic mass is 32.2. The number of thiocarbonyl (C=S) groups is 1. The van der Waals surface area contributed by atoms with E-state index in [0.717, 1.165) is 35.9 Å². The van der Waals surface area contributed by atoms with Gasteiger partial charge >= 0.3 is 0 Å². The summed E-state index contributed by atoms with van der Waals surface area (Å²) < 4.78 is 47.2. The molecule has 0 aliphatic carbocycles. The molecule has 1 saturated heterocycles. The summed E-state index contributed by atoms with van der Waals surface area (Å²) in [6.07, 6.45) is 2.17. The van der Waals surface area contributed by atoms with Crippen molar-refractivity contribution < 1.29 is 22.6 Å². The molecule has 39 heavy (non-hydrogen) atoms. The van der Waals surface area contributed by atoms with Gasteiger partial charge in [0.2, 0.25) is 5.75 Å². The minimum Gasteiger partial charge on any atom is -0.493 e. The molecule has 1 aliphatic heterocycles. The van der Waals surface area contributed by atoms with Crippen LogP contribution in [0.3, 0.4) is 0 Å². The van der Waals surface area contributed by atoms with Crippen LogP contribution in [0.5, 0.6) is 17.2 Å². The van der Waals surface area contributed by atoms with E-state index in [0.29, 0.717) is 40.6 Å². The summed E-state index contributed by atoms with van der Waals surface area (Å²) in [5.41, 5.74) is 0.826. The van der Waals surface area contributed by atoms with Gasteiger partial charge in [0.05, 0.1) is 32.5 Å². The standard InChI is InChI=1S/C27H34N4O5S3/c1-29-13-15-30(16-14-29)27(37)38-17-7-12-31(21-18-22(34-2)26(36-4)23(19-21)35-3)39(32,33)24-10-5-8-20-9-6-11-28-25(20)24/h5-6,8-11,18-19H,7,12-17H2,1-4H3. The Morgan fingerprint density at radius 2 is 1.69 bits per heavy atom. The number of para-hydroxylation sites is 1. The van der Waals surface area contributed by atoms with E-state index in [1.54, 1.807) is 48.3 Å². The molecule has 0 spiro atoms. The fourth-order valence-electron chi connectivity index (χ4n) is 4.45. The van der Waals surface area contributed by atoms with Gasteiger partial charge in [0.15, 0.2) is 11.5 Å². The van der Waals surface area contributed by atoms with E-state index < -0.39 is 10.0 Å². The normalized spacial score (nSPS) is 14.3. The van der Waals surface area contributed by atoms with Crippen molar-refractivity contribution in [2.45, 2.75) is 11.3 Å². The lowest BCUT2D eigenvalue weighted by molar-refractivity contribution is 0.220. The molecule has 12 heteroatoms. The number of sulfonamides is 1. The predicted molar refractivity (Wildman–Crippen MR) is 161 cm³/mol. The third-order valence-electron chi connectivity index (χ3n) is 6.59. The molecule has 0 bridgehead atoms. The number of benzene rings is 2. The molecule has 2 heterocycles. The number of fused-ring (bicyclic) bond motifs is 1. The molecule has 0 unspecified atom stereocenters. The van der Waals surface area contributed by atoms with Gasteiger partial charge in [-0.3, -0.25) is 9.29 Å². The lowest BCUT2D eigenvalue weighted by atomic mass is 10.2. The lowest BCUT2D eigenvalue weighted by Gasteiger charge is -2.33. The first kappa shape index (κ1) is 29.2. The number of thioether (sulfide) groups is 1. The van der Waals surface area contributed by atoms with Gasteiger partial charge in [0, 0.05) is 62.2 Å². The van der Waals surface area contributed by atoms with E-state index in [9.17, 15) is 8.42 Å². The van der Waals surface area contributed by atoms with Crippen molar-refractivity contribution in [3.63, 3.8) is 0 Å². The van der Waals surface area contributed by atoms with Crippen LogP contribution in [0.2, 0.25) is 0 Å². The third-order valence-corrected chi connectivity index (χ3v) is 10.1. The van der Waals surface area contributed by atoms with Gasteiger partial charge in [-0.1, -0.05) is 42.2 Å². The number of likely N-dealkylation sites (N-methyl/N-ethyl adjacent to an activating group) is 1. The van der Waals surface area contributed by atoms with Gasteiger partial charge in [0.25, 0.3) is 10.0 Å². The van der Waals surface area contributed by atoms with Crippen molar-refractivity contribution in [3.8, 4) is 17.2 Å². The second-order valence-corrected chi connectivity index (χ2v) is 12.6. The van der Waals surface area contributed by atoms with E-state index in [1.165, 1.54) is 25.6 Å². The lowest BCUT2D eigenvalue weighted by Crippen LogP contribution is -2.45. The van der Waals surface area contributed by atoms with Crippen molar-refractivity contribution in [1.29, 1.82) is 0 Å². The summed E-state index contributed by atoms with van der Waals surface area (Å²) in [7, 11) is 2.61. The predicted octanol–water partition coefficient (Wildman–Crippen LogP) is 4.11. The molecule has 4 rings (SSSR count). The molecule has 0 saturated carbocycles. The van der Waals surface area contributed by atoms with Crippen LogP contribution in [0, 0.1) is 0 Å². The van der Waals surface area contributed by atoms with Gasteiger partial charge < -0.3 is 24.0 Å². The number of hydrogen-bond acceptors (Lipinski definition) is 9. The molecule has 1 aromatic heterocycles. The Labute approximate surface area is 240 Å². The summed E-state index contributed by atoms with van der Waals surface area (Å²) in [6.45, 7) is 3.99. The van der Waals surface area contributed by atoms with Gasteiger partial charge in [0.1, 0.15) is 9.22 Å². The maximum Gasteiger partial charge on any atom is 0.266 e. The Morgan fingerprint density at radius 3 is 2.33 bits per heavy atom. The average Bonchev–Trinajstić information content (AvgIpc) is 2.96. The Balaban J connectivity index is 1.64. The molecule has 0 radical (unpaired) electrons. The zero-order valence-electron chi connectivity index (χ0n) is 22.6. The maximum absolute atomic E-state index is 14.2. The van der Waals surface area contributed by atoms with Crippen LogP contribution >= 0.6 is 24.0 Å². The van der Waals surface area contributed by atoms with Crippen molar-refractivity contribution in [3.05, 3.63) is 48.7 Å². The summed E-state index contributed by atoms with van der Waals surface area (Å²) in [5.74, 6) is 1.80. The van der Waals surface area contributed by atoms with Crippen LogP contribution in [0.4, 0.5) is 5.69 Å². The van der Waals surface area contributed by atoms with Crippen LogP contribution < -0.4 is 18.5 Å². The molecule has 9 nitrogen and oxygen atoms in total. The highest BCUT2D eigenvalue weighted by molar-refractivity contribution is 8.22. The Hall–Kier alpha value is -2.80. The van der Waals surface area contributed by atoms with Gasteiger partial charge in [-0.25, -0.2) is 8.42 Å². The SMILES string of the molecule is COc1cc(N(CCCSC(=S)N2CCN(C)CC2)S(=O)(=O)c2cccc3cccnc23)cc(OC)c1OC. The second kappa shape index (κ2) is 13.0. The van der Waals surface area contributed by atoms with Crippen LogP contribution in [-0.2, 0) is 10.0 Å². The zero-order chi connectivity index (χ0) is 28.0. The molecule has 2 aromatic carbocycles. The topological polar surface area (TPSA) is 84.4 Å². The van der Waals surface area contributed by atoms with E-state index >= 15 is 0 Å². The largest absolute Gasteiger partial charge is 0.493 e. The molecule has 0 amide bonds. The van der Waals surface area contributed by atoms with Crippen molar-refractivity contribution >= 4 is 54.9 Å². The molecule has 1 aliphatic rings. The molecule has 0 atom stereocenters. The fraction of sp³-hybridized carbons (Fsp3) is 0.407. The minimum absolute atomic E-state index is 0.134. The fourth-order valence-corrected chi connectivity index (χ4v) is 7.35. The van der Waals surface area contributed by atoms with E-state index in [4.69, 9.17) is 26.4 Å². The second-order valence-electron chi connectivity index (χ2n) is 9.05. The van der Waals surface area contributed by atoms with Crippen molar-refractivity contribution in [2.24, 2.45) is 0 Å². The van der Waals surface area contributed by atoms with Crippen LogP contribution in [0.15, 0.2) is 53.6 Å². The summed E-state index contributed by atoms with van der Waals surface area (Å²) in [6, 6.07) is 12.1. The monoisotopic (exact) mass is 590 g/mol. The van der Waals surface area contributed by atoms with E-state index in [2.05, 4.69) is 21.8 Å². The number of pyridine rings is 1. The van der Waals surface area contributed by atoms with Crippen molar-refractivity contribution in [1.82, 2.24) is 14.8 Å². The van der Waals surface area contributed by atoms with Gasteiger partial charge in [-0.2, -0.15) is 0 Å². The Kier molecular flexibility index (Phi) is 9.76. The van der Waals surface area contributed by atoms with Gasteiger partial charge in [-0.15, -0.1) is 0 Å². The quantitative estimate of drug-likeness (QED) is 0.254. The molecule has 3 aromatic rings. The summed E-state index contributed by atoms with van der Waals surface area (Å²) >= 11 is 7.25. The number of anilines is 1. The molecular weight excluding hydrogens is 557 g/mol. The Bertz CT molecular complexity index is 1380. The number of piperazine rings is 1. The highest BCUT2D eigenvalue weighted by Crippen LogP contribution is 2.42. The maximum atomic E-state index is 14.2. The van der Waals surface area contributed by atoms with Crippen LogP contribution in [-0.4, -0.2) is 94.4 Å². The first-order valence-corrected chi connectivity index (χ1v) is 15.4. The molecule has 0 N–H and O–H groups in total. The average molecular weight is 591 g/mol. The Morgan fingerprint density at radius 1 is 1.03 bits per heavy atom. The highest BCUT2D eigenvalue weighted by Gasteiger charge is 2.29. The number of methoxy groups -OCH3 is 3. The zero-order valence-corrected chi connectivity index (χ0v) is 25.1. The van der Waals surface area contributed by atoms with Crippen molar-refractivity contribution in [2.75, 3.05) is 71.2 Å². The molecular formula is C27H34N4O5S3. The van der Waals surface area contributed by atoms with E-state index in [1.807, 2.05) is 12.1 Å². The number of nitrogens with zero attached hydrogens (tertiary/aromatic N) is 4. The summed E-state index contributed by atoms with van der Waals surface area (Å²) in [5, 5.41) is 0.747. The third kappa shape index (κ3) is 6.51. The number of aromatic nitrogens is 1. The number of ether oxygens (including phenoxy) is 3. The molecule has 1 fully saturated rings. The first-order valence-electron chi connectivity index (χ1n) is 12.6. The number of hydrogen-bond donors (Lipinski definition) is 0. The number of rotatable bonds is 10. The van der Waals surface area contributed by atoms with E-state index in [-0.39, 0.29) is 11.4 Å². The summed E-state index contributed by atoms with van der Waals surface area (Å²) in [4.78, 5) is 9.03. The minimum atomic E-state index is -4.02. The van der Waals surface area contributed by atoms with Crippen LogP contribution in [0.25, 0.3) is 10.9 Å². The first-order chi connectivity index (χ1) is 18.8. The van der Waals surface area contributed by atoms with Gasteiger partial charge in [-0.05, 0) is 25.6 Å². The van der Waals surface area contributed by atoms with Crippen LogP contribution in [0.1, 0.15) is 6.42 Å². The molecule has 210 valence electrons.